The fourth-order valence-electron chi connectivity index (χ4n) is 4.60. The van der Waals surface area contributed by atoms with E-state index in [1.807, 2.05) is 32.2 Å². The van der Waals surface area contributed by atoms with Crippen LogP contribution in [0.2, 0.25) is 0 Å². The fourth-order valence-corrected chi connectivity index (χ4v) is 5.65. The molecule has 1 aliphatic rings. The number of carbonyl (C=O) groups excluding carboxylic acids is 1. The normalized spacial score (nSPS) is 18.6. The van der Waals surface area contributed by atoms with E-state index in [0.29, 0.717) is 18.8 Å². The van der Waals surface area contributed by atoms with Gasteiger partial charge in [-0.25, -0.2) is 12.8 Å². The van der Waals surface area contributed by atoms with E-state index in [1.165, 1.54) is 29.8 Å². The summed E-state index contributed by atoms with van der Waals surface area (Å²) in [5, 5.41) is 9.88. The van der Waals surface area contributed by atoms with Crippen LogP contribution in [-0.4, -0.2) is 68.1 Å². The second-order valence-electron chi connectivity index (χ2n) is 10.1. The molecular formula is C29H34FN3O5S. The molecule has 3 aromatic rings. The Balaban J connectivity index is 1.63. The number of aliphatic hydroxyl groups is 1. The number of aliphatic hydroxyl groups excluding tert-OH is 1. The van der Waals surface area contributed by atoms with Crippen LogP contribution < -0.4 is 9.46 Å². The van der Waals surface area contributed by atoms with Gasteiger partial charge in [0, 0.05) is 31.2 Å². The van der Waals surface area contributed by atoms with Gasteiger partial charge < -0.3 is 14.7 Å². The van der Waals surface area contributed by atoms with Crippen LogP contribution in [0.25, 0.3) is 0 Å². The van der Waals surface area contributed by atoms with Gasteiger partial charge in [0.15, 0.2) is 0 Å². The van der Waals surface area contributed by atoms with Crippen LogP contribution in [0.4, 0.5) is 10.1 Å². The van der Waals surface area contributed by atoms with Crippen LogP contribution >= 0.6 is 0 Å². The van der Waals surface area contributed by atoms with Gasteiger partial charge in [0.2, 0.25) is 0 Å². The average molecular weight is 556 g/mol. The highest BCUT2D eigenvalue weighted by atomic mass is 32.2. The molecular weight excluding hydrogens is 521 g/mol. The highest BCUT2D eigenvalue weighted by molar-refractivity contribution is 7.92. The maximum atomic E-state index is 13.6. The van der Waals surface area contributed by atoms with Crippen molar-refractivity contribution < 1.29 is 27.4 Å². The molecule has 4 rings (SSSR count). The summed E-state index contributed by atoms with van der Waals surface area (Å²) in [5.41, 5.74) is 1.53. The third-order valence-corrected chi connectivity index (χ3v) is 8.23. The Morgan fingerprint density at radius 2 is 1.82 bits per heavy atom. The van der Waals surface area contributed by atoms with Crippen molar-refractivity contribution in [3.8, 4) is 5.75 Å². The third-order valence-electron chi connectivity index (χ3n) is 6.83. The minimum atomic E-state index is -4.02. The SMILES string of the molecule is C[C@H](CO)N1C[C@H](C)[C@H](CN(C)Cc2ccccc2)Oc2ccc(NS(=O)(=O)c3ccc(F)cc3)cc2C1=O. The molecule has 1 heterocycles. The first-order chi connectivity index (χ1) is 18.6. The number of likely N-dealkylation sites (N-methyl/N-ethyl adjacent to an activating group) is 1. The minimum Gasteiger partial charge on any atom is -0.488 e. The van der Waals surface area contributed by atoms with Crippen molar-refractivity contribution in [3.63, 3.8) is 0 Å². The van der Waals surface area contributed by atoms with Gasteiger partial charge >= 0.3 is 0 Å². The zero-order valence-electron chi connectivity index (χ0n) is 22.2. The predicted molar refractivity (Wildman–Crippen MR) is 148 cm³/mol. The van der Waals surface area contributed by atoms with E-state index >= 15 is 0 Å². The van der Waals surface area contributed by atoms with Gasteiger partial charge in [-0.15, -0.1) is 0 Å². The minimum absolute atomic E-state index is 0.0500. The molecule has 0 aliphatic carbocycles. The number of halogens is 1. The number of carbonyl (C=O) groups is 1. The predicted octanol–water partition coefficient (Wildman–Crippen LogP) is 3.98. The van der Waals surface area contributed by atoms with Gasteiger partial charge in [-0.3, -0.25) is 14.4 Å². The molecule has 0 bridgehead atoms. The Morgan fingerprint density at radius 3 is 2.49 bits per heavy atom. The van der Waals surface area contributed by atoms with E-state index in [4.69, 9.17) is 4.74 Å². The van der Waals surface area contributed by atoms with E-state index < -0.39 is 21.9 Å². The zero-order valence-corrected chi connectivity index (χ0v) is 23.1. The number of ether oxygens (including phenoxy) is 1. The van der Waals surface area contributed by atoms with Crippen molar-refractivity contribution in [1.29, 1.82) is 0 Å². The second-order valence-corrected chi connectivity index (χ2v) is 11.8. The van der Waals surface area contributed by atoms with Crippen LogP contribution in [0, 0.1) is 11.7 Å². The smallest absolute Gasteiger partial charge is 0.261 e. The molecule has 10 heteroatoms. The van der Waals surface area contributed by atoms with Gasteiger partial charge in [0.1, 0.15) is 17.7 Å². The van der Waals surface area contributed by atoms with E-state index in [2.05, 4.69) is 21.8 Å². The van der Waals surface area contributed by atoms with Crippen molar-refractivity contribution in [2.75, 3.05) is 31.5 Å². The molecule has 0 unspecified atom stereocenters. The number of anilines is 1. The number of amides is 1. The Kier molecular flexibility index (Phi) is 8.89. The van der Waals surface area contributed by atoms with Gasteiger partial charge in [0.25, 0.3) is 15.9 Å². The van der Waals surface area contributed by atoms with Crippen LogP contribution in [0.1, 0.15) is 29.8 Å². The molecule has 1 aliphatic heterocycles. The molecule has 0 radical (unpaired) electrons. The standard InChI is InChI=1S/C29H34FN3O5S/c1-20-16-33(21(2)19-34)29(35)26-15-24(31-39(36,37)25-12-9-23(30)10-13-25)11-14-27(26)38-28(20)18-32(3)17-22-7-5-4-6-8-22/h4-15,20-21,28,31,34H,16-19H2,1-3H3/t20-,21+,28-/m0/s1. The largest absolute Gasteiger partial charge is 0.488 e. The molecule has 3 atom stereocenters. The summed E-state index contributed by atoms with van der Waals surface area (Å²) in [4.78, 5) is 17.3. The van der Waals surface area contributed by atoms with E-state index in [1.54, 1.807) is 17.9 Å². The number of sulfonamides is 1. The Bertz CT molecular complexity index is 1390. The summed E-state index contributed by atoms with van der Waals surface area (Å²) < 4.78 is 47.9. The Labute approximate surface area is 229 Å². The highest BCUT2D eigenvalue weighted by Crippen LogP contribution is 2.31. The molecule has 0 saturated heterocycles. The summed E-state index contributed by atoms with van der Waals surface area (Å²) in [6.45, 7) is 5.23. The fraction of sp³-hybridized carbons (Fsp3) is 0.345. The first-order valence-corrected chi connectivity index (χ1v) is 14.3. The summed E-state index contributed by atoms with van der Waals surface area (Å²) in [5.74, 6) is -0.623. The third kappa shape index (κ3) is 6.95. The molecule has 0 aromatic heterocycles. The molecule has 0 spiro atoms. The maximum Gasteiger partial charge on any atom is 0.261 e. The lowest BCUT2D eigenvalue weighted by Crippen LogP contribution is -2.49. The second kappa shape index (κ2) is 12.1. The number of hydrogen-bond donors (Lipinski definition) is 2. The van der Waals surface area contributed by atoms with Crippen molar-refractivity contribution in [1.82, 2.24) is 9.80 Å². The number of benzene rings is 3. The van der Waals surface area contributed by atoms with E-state index in [-0.39, 0.29) is 40.7 Å². The van der Waals surface area contributed by atoms with Crippen LogP contribution in [0.3, 0.4) is 0 Å². The first kappa shape index (κ1) is 28.5. The number of hydrogen-bond acceptors (Lipinski definition) is 6. The van der Waals surface area contributed by atoms with Crippen molar-refractivity contribution in [2.45, 2.75) is 37.4 Å². The van der Waals surface area contributed by atoms with Crippen LogP contribution in [0.5, 0.6) is 5.75 Å². The Hall–Kier alpha value is -3.47. The van der Waals surface area contributed by atoms with Gasteiger partial charge in [-0.2, -0.15) is 0 Å². The number of nitrogens with one attached hydrogen (secondary N) is 1. The first-order valence-electron chi connectivity index (χ1n) is 12.8. The number of fused-ring (bicyclic) bond motifs is 1. The van der Waals surface area contributed by atoms with E-state index in [0.717, 1.165) is 18.7 Å². The lowest BCUT2D eigenvalue weighted by Gasteiger charge is -2.38. The monoisotopic (exact) mass is 555 g/mol. The van der Waals surface area contributed by atoms with E-state index in [9.17, 15) is 22.7 Å². The summed E-state index contributed by atoms with van der Waals surface area (Å²) in [6.07, 6.45) is -0.277. The summed E-state index contributed by atoms with van der Waals surface area (Å²) >= 11 is 0. The topological polar surface area (TPSA) is 99.2 Å². The van der Waals surface area contributed by atoms with Gasteiger partial charge in [-0.1, -0.05) is 37.3 Å². The van der Waals surface area contributed by atoms with Crippen LogP contribution in [-0.2, 0) is 16.6 Å². The van der Waals surface area contributed by atoms with Crippen molar-refractivity contribution in [3.05, 3.63) is 89.7 Å². The molecule has 1 amide bonds. The molecule has 8 nitrogen and oxygen atoms in total. The van der Waals surface area contributed by atoms with Crippen molar-refractivity contribution >= 4 is 21.6 Å². The molecule has 0 saturated carbocycles. The molecule has 39 heavy (non-hydrogen) atoms. The number of rotatable bonds is 9. The highest BCUT2D eigenvalue weighted by Gasteiger charge is 2.33. The molecule has 208 valence electrons. The average Bonchev–Trinajstić information content (AvgIpc) is 2.91. The van der Waals surface area contributed by atoms with Crippen LogP contribution in [0.15, 0.2) is 77.7 Å². The maximum absolute atomic E-state index is 13.6. The number of nitrogens with zero attached hydrogens (tertiary/aromatic N) is 2. The van der Waals surface area contributed by atoms with Gasteiger partial charge in [-0.05, 0) is 62.0 Å². The Morgan fingerprint density at radius 1 is 1.13 bits per heavy atom. The lowest BCUT2D eigenvalue weighted by molar-refractivity contribution is 0.0341. The molecule has 2 N–H and O–H groups in total. The quantitative estimate of drug-likeness (QED) is 0.415. The summed E-state index contributed by atoms with van der Waals surface area (Å²) in [6, 6.07) is 18.7. The zero-order chi connectivity index (χ0) is 28.2. The molecule has 3 aromatic carbocycles. The van der Waals surface area contributed by atoms with Gasteiger partial charge in [0.05, 0.1) is 23.1 Å². The van der Waals surface area contributed by atoms with Crippen molar-refractivity contribution in [2.24, 2.45) is 5.92 Å². The molecule has 0 fully saturated rings. The lowest BCUT2D eigenvalue weighted by atomic mass is 9.99. The summed E-state index contributed by atoms with van der Waals surface area (Å²) in [7, 11) is -2.01.